The Labute approximate surface area is 182 Å². The predicted molar refractivity (Wildman–Crippen MR) is 129 cm³/mol. The summed E-state index contributed by atoms with van der Waals surface area (Å²) in [6.07, 6.45) is 1.98. The molecule has 31 heavy (non-hydrogen) atoms. The second-order valence-corrected chi connectivity index (χ2v) is 7.54. The van der Waals surface area contributed by atoms with Crippen LogP contribution in [0.1, 0.15) is 11.1 Å². The van der Waals surface area contributed by atoms with Crippen molar-refractivity contribution in [3.05, 3.63) is 120 Å². The zero-order valence-electron chi connectivity index (χ0n) is 17.3. The maximum absolute atomic E-state index is 12.8. The number of fused-ring (bicyclic) bond motifs is 1. The summed E-state index contributed by atoms with van der Waals surface area (Å²) in [5.41, 5.74) is 6.92. The Hall–Kier alpha value is -4.11. The Bertz CT molecular complexity index is 1210. The molecule has 0 unspecified atom stereocenters. The minimum Gasteiger partial charge on any atom is -0.311 e. The van der Waals surface area contributed by atoms with Crippen molar-refractivity contribution in [3.8, 4) is 0 Å². The number of nitrogens with zero attached hydrogens (tertiary/aromatic N) is 2. The van der Waals surface area contributed by atoms with E-state index >= 15 is 0 Å². The first-order chi connectivity index (χ1) is 15.2. The maximum atomic E-state index is 12.8. The topological polar surface area (TPSA) is 23.6 Å². The van der Waals surface area contributed by atoms with Crippen LogP contribution in [0.3, 0.4) is 0 Å². The van der Waals surface area contributed by atoms with Gasteiger partial charge in [-0.25, -0.2) is 0 Å². The molecular formula is C28H22N2O. The van der Waals surface area contributed by atoms with Crippen LogP contribution in [0.25, 0.3) is 11.6 Å². The summed E-state index contributed by atoms with van der Waals surface area (Å²) >= 11 is 0. The van der Waals surface area contributed by atoms with E-state index in [1.807, 2.05) is 73.8 Å². The van der Waals surface area contributed by atoms with Gasteiger partial charge in [0, 0.05) is 35.2 Å². The molecule has 0 bridgehead atoms. The molecule has 1 aliphatic heterocycles. The lowest BCUT2D eigenvalue weighted by Gasteiger charge is -2.25. The minimum absolute atomic E-state index is 0.0282. The smallest absolute Gasteiger partial charge is 0.258 e. The fourth-order valence-corrected chi connectivity index (χ4v) is 4.03. The van der Waals surface area contributed by atoms with Gasteiger partial charge in [-0.2, -0.15) is 0 Å². The second kappa shape index (κ2) is 7.96. The van der Waals surface area contributed by atoms with Crippen LogP contribution in [0, 0.1) is 0 Å². The number of amides is 1. The number of hydrogen-bond acceptors (Lipinski definition) is 2. The van der Waals surface area contributed by atoms with Crippen molar-refractivity contribution in [1.82, 2.24) is 0 Å². The Balaban J connectivity index is 1.52. The Kier molecular flexibility index (Phi) is 4.85. The number of hydrogen-bond donors (Lipinski definition) is 0. The van der Waals surface area contributed by atoms with Gasteiger partial charge in [0.15, 0.2) is 0 Å². The van der Waals surface area contributed by atoms with Crippen molar-refractivity contribution in [2.75, 3.05) is 16.8 Å². The molecule has 150 valence electrons. The Morgan fingerprint density at radius 2 is 1.16 bits per heavy atom. The molecule has 0 radical (unpaired) electrons. The van der Waals surface area contributed by atoms with E-state index in [1.54, 1.807) is 4.90 Å². The summed E-state index contributed by atoms with van der Waals surface area (Å²) in [5.74, 6) is 0.0282. The van der Waals surface area contributed by atoms with Gasteiger partial charge < -0.3 is 9.80 Å². The first-order valence-corrected chi connectivity index (χ1v) is 10.3. The number of carbonyl (C=O) groups excluding carboxylic acids is 1. The van der Waals surface area contributed by atoms with Gasteiger partial charge >= 0.3 is 0 Å². The molecule has 4 aromatic carbocycles. The Morgan fingerprint density at radius 1 is 0.645 bits per heavy atom. The highest BCUT2D eigenvalue weighted by molar-refractivity contribution is 6.35. The second-order valence-electron chi connectivity index (χ2n) is 7.54. The highest BCUT2D eigenvalue weighted by Gasteiger charge is 2.28. The molecule has 1 aliphatic rings. The molecular weight excluding hydrogens is 380 g/mol. The third-order valence-corrected chi connectivity index (χ3v) is 5.58. The summed E-state index contributed by atoms with van der Waals surface area (Å²) in [6, 6.07) is 36.9. The Morgan fingerprint density at radius 3 is 1.77 bits per heavy atom. The van der Waals surface area contributed by atoms with E-state index in [-0.39, 0.29) is 5.91 Å². The zero-order valence-corrected chi connectivity index (χ0v) is 17.3. The molecule has 4 aromatic rings. The van der Waals surface area contributed by atoms with Gasteiger partial charge in [0.2, 0.25) is 0 Å². The third-order valence-electron chi connectivity index (χ3n) is 5.58. The molecule has 5 rings (SSSR count). The summed E-state index contributed by atoms with van der Waals surface area (Å²) in [6.45, 7) is 0. The van der Waals surface area contributed by atoms with E-state index in [0.29, 0.717) is 0 Å². The monoisotopic (exact) mass is 402 g/mol. The number of rotatable bonds is 4. The minimum atomic E-state index is 0.0282. The first-order valence-electron chi connectivity index (χ1n) is 10.3. The molecule has 0 aromatic heterocycles. The molecule has 3 nitrogen and oxygen atoms in total. The summed E-state index contributed by atoms with van der Waals surface area (Å²) in [4.78, 5) is 16.7. The lowest BCUT2D eigenvalue weighted by Crippen LogP contribution is -2.20. The van der Waals surface area contributed by atoms with Gasteiger partial charge in [0.1, 0.15) is 0 Å². The van der Waals surface area contributed by atoms with Gasteiger partial charge in [-0.05, 0) is 54.1 Å². The number of para-hydroxylation sites is 3. The van der Waals surface area contributed by atoms with Crippen molar-refractivity contribution >= 4 is 40.3 Å². The molecule has 0 N–H and O–H groups in total. The van der Waals surface area contributed by atoms with Crippen molar-refractivity contribution < 1.29 is 4.79 Å². The number of anilines is 4. The fraction of sp³-hybridized carbons (Fsp3) is 0.0357. The summed E-state index contributed by atoms with van der Waals surface area (Å²) in [5, 5.41) is 0. The van der Waals surface area contributed by atoms with E-state index in [4.69, 9.17) is 0 Å². The van der Waals surface area contributed by atoms with Crippen molar-refractivity contribution in [1.29, 1.82) is 0 Å². The molecule has 0 spiro atoms. The maximum Gasteiger partial charge on any atom is 0.258 e. The van der Waals surface area contributed by atoms with Crippen LogP contribution in [0.4, 0.5) is 22.7 Å². The third kappa shape index (κ3) is 3.51. The molecule has 0 saturated carbocycles. The molecule has 0 saturated heterocycles. The average molecular weight is 402 g/mol. The van der Waals surface area contributed by atoms with Crippen LogP contribution >= 0.6 is 0 Å². The van der Waals surface area contributed by atoms with Gasteiger partial charge in [0.05, 0.1) is 5.69 Å². The molecule has 1 amide bonds. The van der Waals surface area contributed by atoms with Crippen molar-refractivity contribution in [2.24, 2.45) is 0 Å². The van der Waals surface area contributed by atoms with Crippen LogP contribution in [-0.2, 0) is 4.79 Å². The van der Waals surface area contributed by atoms with Crippen LogP contribution < -0.4 is 9.80 Å². The highest BCUT2D eigenvalue weighted by Crippen LogP contribution is 2.37. The molecule has 0 fully saturated rings. The number of carbonyl (C=O) groups is 1. The first kappa shape index (κ1) is 18.9. The lowest BCUT2D eigenvalue weighted by molar-refractivity contribution is -0.112. The van der Waals surface area contributed by atoms with E-state index < -0.39 is 0 Å². The van der Waals surface area contributed by atoms with E-state index in [1.165, 1.54) is 0 Å². The molecule has 0 aliphatic carbocycles. The summed E-state index contributed by atoms with van der Waals surface area (Å²) in [7, 11) is 1.82. The molecule has 0 atom stereocenters. The van der Waals surface area contributed by atoms with Crippen LogP contribution in [-0.4, -0.2) is 13.0 Å². The zero-order chi connectivity index (χ0) is 21.2. The van der Waals surface area contributed by atoms with E-state index in [9.17, 15) is 4.79 Å². The molecule has 1 heterocycles. The van der Waals surface area contributed by atoms with Crippen molar-refractivity contribution in [2.45, 2.75) is 0 Å². The van der Waals surface area contributed by atoms with Crippen molar-refractivity contribution in [3.63, 3.8) is 0 Å². The quantitative estimate of drug-likeness (QED) is 0.356. The van der Waals surface area contributed by atoms with Gasteiger partial charge in [-0.3, -0.25) is 4.79 Å². The van der Waals surface area contributed by atoms with E-state index in [2.05, 4.69) is 53.4 Å². The number of likely N-dealkylation sites (N-methyl/N-ethyl adjacent to an activating group) is 1. The van der Waals surface area contributed by atoms with Crippen LogP contribution in [0.15, 0.2) is 109 Å². The van der Waals surface area contributed by atoms with Gasteiger partial charge in [0.25, 0.3) is 5.91 Å². The average Bonchev–Trinajstić information content (AvgIpc) is 3.07. The number of benzene rings is 4. The summed E-state index contributed by atoms with van der Waals surface area (Å²) < 4.78 is 0. The highest BCUT2D eigenvalue weighted by atomic mass is 16.2. The van der Waals surface area contributed by atoms with E-state index in [0.717, 1.165) is 39.4 Å². The molecule has 3 heteroatoms. The lowest BCUT2D eigenvalue weighted by atomic mass is 10.0. The predicted octanol–water partition coefficient (Wildman–Crippen LogP) is 6.67. The largest absolute Gasteiger partial charge is 0.311 e. The SMILES string of the molecule is CN1C(=O)C(=Cc2ccc(N(c3ccccc3)c3ccccc3)cc2)c2ccccc21. The van der Waals surface area contributed by atoms with Crippen LogP contribution in [0.2, 0.25) is 0 Å². The van der Waals surface area contributed by atoms with Gasteiger partial charge in [-0.1, -0.05) is 66.7 Å². The normalized spacial score (nSPS) is 14.0. The fourth-order valence-electron chi connectivity index (χ4n) is 4.03. The van der Waals surface area contributed by atoms with Crippen LogP contribution in [0.5, 0.6) is 0 Å². The standard InChI is InChI=1S/C28H22N2O/c1-29-27-15-9-8-14-25(27)26(28(29)31)20-21-16-18-24(19-17-21)30(22-10-4-2-5-11-22)23-12-6-3-7-13-23/h2-20H,1H3. The van der Waals surface area contributed by atoms with Gasteiger partial charge in [-0.15, -0.1) is 0 Å².